The minimum Gasteiger partial charge on any atom is -0.508 e. The second kappa shape index (κ2) is 6.69. The average molecular weight is 437 g/mol. The van der Waals surface area contributed by atoms with Crippen molar-refractivity contribution >= 4 is 28.5 Å². The maximum atomic E-state index is 13.3. The molecule has 32 heavy (non-hydrogen) atoms. The van der Waals surface area contributed by atoms with Gasteiger partial charge in [-0.15, -0.1) is 0 Å². The van der Waals surface area contributed by atoms with Gasteiger partial charge in [-0.05, 0) is 30.7 Å². The Hall–Kier alpha value is -4.12. The highest BCUT2D eigenvalue weighted by molar-refractivity contribution is 6.05. The number of aromatic nitrogens is 2. The van der Waals surface area contributed by atoms with Gasteiger partial charge in [-0.25, -0.2) is 9.78 Å². The number of benzene rings is 1. The Morgan fingerprint density at radius 3 is 2.84 bits per heavy atom. The number of pyridine rings is 2. The molecule has 0 amide bonds. The minimum absolute atomic E-state index is 0.00591. The number of nitrogens with two attached hydrogens (primary N) is 1. The van der Waals surface area contributed by atoms with Crippen LogP contribution in [0.15, 0.2) is 34.2 Å². The number of hydrogen-bond acceptors (Lipinski definition) is 8. The Morgan fingerprint density at radius 1 is 1.34 bits per heavy atom. The minimum atomic E-state index is -1.93. The number of phenolic OH excluding ortho intramolecular Hbond substituents is 1. The summed E-state index contributed by atoms with van der Waals surface area (Å²) in [7, 11) is 0. The van der Waals surface area contributed by atoms with Gasteiger partial charge in [0, 0.05) is 16.5 Å². The third-order valence-electron chi connectivity index (χ3n) is 6.03. The summed E-state index contributed by atoms with van der Waals surface area (Å²) in [6.45, 7) is 1.51. The summed E-state index contributed by atoms with van der Waals surface area (Å²) in [4.78, 5) is 30.3. The highest BCUT2D eigenvalue weighted by Crippen LogP contribution is 2.42. The van der Waals surface area contributed by atoms with Crippen molar-refractivity contribution in [2.24, 2.45) is 10.9 Å². The van der Waals surface area contributed by atoms with Gasteiger partial charge in [-0.2, -0.15) is 0 Å². The molecule has 4 heterocycles. The Labute approximate surface area is 180 Å². The Kier molecular flexibility index (Phi) is 4.14. The van der Waals surface area contributed by atoms with Gasteiger partial charge < -0.3 is 35.8 Å². The lowest BCUT2D eigenvalue weighted by atomic mass is 9.86. The smallest absolute Gasteiger partial charge is 0.343 e. The molecule has 0 bridgehead atoms. The molecule has 164 valence electrons. The van der Waals surface area contributed by atoms with Crippen LogP contribution < -0.4 is 16.6 Å². The van der Waals surface area contributed by atoms with Crippen molar-refractivity contribution < 1.29 is 25.0 Å². The zero-order valence-electron chi connectivity index (χ0n) is 16.9. The Bertz CT molecular complexity index is 1410. The number of carbonyl (C=O) groups is 1. The molecule has 3 aromatic rings. The van der Waals surface area contributed by atoms with Crippen LogP contribution in [-0.4, -0.2) is 36.9 Å². The van der Waals surface area contributed by atoms with E-state index in [1.165, 1.54) is 16.7 Å². The number of guanidine groups is 1. The molecule has 11 heteroatoms. The van der Waals surface area contributed by atoms with E-state index in [0.717, 1.165) is 0 Å². The summed E-state index contributed by atoms with van der Waals surface area (Å²) in [6.07, 6.45) is 0.0370. The first-order chi connectivity index (χ1) is 15.3. The van der Waals surface area contributed by atoms with Crippen LogP contribution in [0.2, 0.25) is 0 Å². The number of hydrogen-bond donors (Lipinski definition) is 5. The van der Waals surface area contributed by atoms with Crippen molar-refractivity contribution in [3.05, 3.63) is 51.3 Å². The van der Waals surface area contributed by atoms with E-state index in [1.54, 1.807) is 19.1 Å². The number of aliphatic hydroxyl groups is 1. The third kappa shape index (κ3) is 2.57. The second-order valence-electron chi connectivity index (χ2n) is 7.73. The van der Waals surface area contributed by atoms with Crippen molar-refractivity contribution in [1.82, 2.24) is 9.55 Å². The molecule has 0 saturated carbocycles. The van der Waals surface area contributed by atoms with Crippen LogP contribution in [0.3, 0.4) is 0 Å². The third-order valence-corrected chi connectivity index (χ3v) is 6.03. The molecule has 0 fully saturated rings. The summed E-state index contributed by atoms with van der Waals surface area (Å²) < 4.78 is 6.55. The van der Waals surface area contributed by atoms with Crippen molar-refractivity contribution in [3.8, 4) is 17.1 Å². The Balaban J connectivity index is 1.82. The molecule has 1 atom stereocenters. The van der Waals surface area contributed by atoms with Crippen LogP contribution in [0.1, 0.15) is 30.0 Å². The number of nitrogens with one attached hydrogen (secondary N) is 1. The molecule has 11 nitrogen and oxygen atoms in total. The molecule has 2 aliphatic heterocycles. The molecule has 0 saturated heterocycles. The van der Waals surface area contributed by atoms with Crippen LogP contribution in [0.5, 0.6) is 5.75 Å². The Morgan fingerprint density at radius 2 is 2.12 bits per heavy atom. The standard InChI is InChI=1S/C21H19N5O6/c1-2-21(30)13-6-15-17-11(7-26(15)18(28)12(13)8-32-19(21)29)16(24-20(22)25-31)10-5-9(27)3-4-14(10)23-17/h3-6,27,30-31H,2,7-8H2,1H3,(H3,22,23,24,25)/t21-/m0/s1. The number of aromatic hydroxyl groups is 1. The number of nitrogens with zero attached hydrogens (tertiary/aromatic N) is 3. The molecule has 6 N–H and O–H groups in total. The van der Waals surface area contributed by atoms with Crippen LogP contribution in [0.4, 0.5) is 5.69 Å². The molecule has 2 aliphatic rings. The van der Waals surface area contributed by atoms with Crippen molar-refractivity contribution in [2.75, 3.05) is 5.32 Å². The fourth-order valence-electron chi connectivity index (χ4n) is 4.36. The summed E-state index contributed by atoms with van der Waals surface area (Å²) in [5.74, 6) is -1.09. The number of rotatable bonds is 2. The number of phenols is 1. The molecule has 0 radical (unpaired) electrons. The van der Waals surface area contributed by atoms with Gasteiger partial charge in [-0.1, -0.05) is 12.1 Å². The van der Waals surface area contributed by atoms with Crippen LogP contribution in [-0.2, 0) is 28.3 Å². The van der Waals surface area contributed by atoms with Gasteiger partial charge in [0.1, 0.15) is 12.4 Å². The maximum Gasteiger partial charge on any atom is 0.343 e. The molecule has 5 rings (SSSR count). The topological polar surface area (TPSA) is 172 Å². The van der Waals surface area contributed by atoms with Crippen molar-refractivity contribution in [1.29, 1.82) is 0 Å². The number of esters is 1. The monoisotopic (exact) mass is 437 g/mol. The summed E-state index contributed by atoms with van der Waals surface area (Å²) >= 11 is 0. The van der Waals surface area contributed by atoms with Crippen LogP contribution >= 0.6 is 0 Å². The van der Waals surface area contributed by atoms with E-state index in [1.807, 2.05) is 0 Å². The van der Waals surface area contributed by atoms with Crippen LogP contribution in [0.25, 0.3) is 22.3 Å². The zero-order valence-corrected chi connectivity index (χ0v) is 16.9. The number of oxime groups is 1. The first kappa shape index (κ1) is 19.8. The number of carbonyl (C=O) groups excluding carboxylic acids is 1. The average Bonchev–Trinajstić information content (AvgIpc) is 3.15. The first-order valence-corrected chi connectivity index (χ1v) is 9.85. The van der Waals surface area contributed by atoms with Gasteiger partial charge in [0.05, 0.1) is 34.7 Å². The van der Waals surface area contributed by atoms with Crippen LogP contribution in [0, 0.1) is 0 Å². The normalized spacial score (nSPS) is 19.3. The molecule has 2 aromatic heterocycles. The molecule has 0 unspecified atom stereocenters. The predicted octanol–water partition coefficient (Wildman–Crippen LogP) is 0.901. The van der Waals surface area contributed by atoms with Gasteiger partial charge in [0.15, 0.2) is 5.60 Å². The fraction of sp³-hybridized carbons (Fsp3) is 0.238. The summed E-state index contributed by atoms with van der Waals surface area (Å²) in [6, 6.07) is 6.14. The van der Waals surface area contributed by atoms with E-state index in [2.05, 4.69) is 15.5 Å². The van der Waals surface area contributed by atoms with E-state index in [4.69, 9.17) is 15.7 Å². The van der Waals surface area contributed by atoms with Crippen molar-refractivity contribution in [3.63, 3.8) is 0 Å². The van der Waals surface area contributed by atoms with E-state index < -0.39 is 17.1 Å². The number of anilines is 1. The van der Waals surface area contributed by atoms with Gasteiger partial charge in [0.2, 0.25) is 5.96 Å². The molecule has 0 spiro atoms. The fourth-order valence-corrected chi connectivity index (χ4v) is 4.36. The number of fused-ring (bicyclic) bond motifs is 5. The van der Waals surface area contributed by atoms with Gasteiger partial charge in [0.25, 0.3) is 5.56 Å². The molecular weight excluding hydrogens is 418 g/mol. The molecule has 1 aromatic carbocycles. The van der Waals surface area contributed by atoms with E-state index in [0.29, 0.717) is 33.5 Å². The quantitative estimate of drug-likeness (QED) is 0.100. The highest BCUT2D eigenvalue weighted by atomic mass is 16.6. The maximum absolute atomic E-state index is 13.3. The number of ether oxygens (including phenoxy) is 1. The van der Waals surface area contributed by atoms with E-state index in [9.17, 15) is 19.8 Å². The zero-order chi connectivity index (χ0) is 22.8. The lowest BCUT2D eigenvalue weighted by molar-refractivity contribution is -0.172. The highest BCUT2D eigenvalue weighted by Gasteiger charge is 2.45. The molecular formula is C21H19N5O6. The second-order valence-corrected chi connectivity index (χ2v) is 7.73. The lowest BCUT2D eigenvalue weighted by Crippen LogP contribution is -2.44. The largest absolute Gasteiger partial charge is 0.508 e. The van der Waals surface area contributed by atoms with E-state index >= 15 is 0 Å². The van der Waals surface area contributed by atoms with Gasteiger partial charge >= 0.3 is 5.97 Å². The van der Waals surface area contributed by atoms with E-state index in [-0.39, 0.29) is 42.4 Å². The lowest BCUT2D eigenvalue weighted by Gasteiger charge is -2.31. The van der Waals surface area contributed by atoms with Gasteiger partial charge in [-0.3, -0.25) is 4.79 Å². The number of cyclic esters (lactones) is 1. The SMILES string of the molecule is CC[C@@]1(O)C(=O)OCc2c1cc1n(c2=O)Cc2c-1nc1ccc(O)cc1c2NC(N)=NO. The summed E-state index contributed by atoms with van der Waals surface area (Å²) in [5, 5.41) is 36.2. The summed E-state index contributed by atoms with van der Waals surface area (Å²) in [5.41, 5.74) is 6.09. The van der Waals surface area contributed by atoms with Crippen molar-refractivity contribution in [2.45, 2.75) is 32.1 Å². The molecule has 0 aliphatic carbocycles. The first-order valence-electron chi connectivity index (χ1n) is 9.85. The predicted molar refractivity (Wildman–Crippen MR) is 113 cm³/mol.